The number of hydrogen-bond acceptors (Lipinski definition) is 7. The number of nitrogens with one attached hydrogen (secondary N) is 3. The van der Waals surface area contributed by atoms with E-state index in [0.29, 0.717) is 30.0 Å². The molecule has 0 amide bonds. The summed E-state index contributed by atoms with van der Waals surface area (Å²) in [5.74, 6) is 0.271. The third-order valence-electron chi connectivity index (χ3n) is 4.54. The van der Waals surface area contributed by atoms with Gasteiger partial charge in [0.15, 0.2) is 5.78 Å². The van der Waals surface area contributed by atoms with Crippen LogP contribution in [0.5, 0.6) is 5.75 Å². The van der Waals surface area contributed by atoms with E-state index in [1.807, 2.05) is 30.3 Å². The number of hydrogen-bond donors (Lipinski definition) is 4. The van der Waals surface area contributed by atoms with E-state index in [0.717, 1.165) is 11.3 Å². The molecule has 0 radical (unpaired) electrons. The van der Waals surface area contributed by atoms with E-state index in [1.54, 1.807) is 18.5 Å². The van der Waals surface area contributed by atoms with Gasteiger partial charge in [-0.1, -0.05) is 30.3 Å². The highest BCUT2D eigenvalue weighted by molar-refractivity contribution is 6.22. The van der Waals surface area contributed by atoms with Crippen LogP contribution in [0.25, 0.3) is 5.70 Å². The Morgan fingerprint density at radius 1 is 1.34 bits per heavy atom. The van der Waals surface area contributed by atoms with Crippen LogP contribution in [0, 0.1) is 5.41 Å². The molecule has 0 spiro atoms. The lowest BCUT2D eigenvalue weighted by atomic mass is 9.95. The standard InChI is InChI=1S/C22H24N4O3/c1-14(27)10-19(23)21(26-16-11-17(29-2)13-24-12-16)22(28)18-8-9-25-20(18)15-6-4-3-5-7-15/h3-7,10-13,21,23,25-27H,8-9H2,1-2H3/b14-10-,23-19?. The summed E-state index contributed by atoms with van der Waals surface area (Å²) in [5.41, 5.74) is 2.84. The maximum absolute atomic E-state index is 13.4. The first-order valence-electron chi connectivity index (χ1n) is 9.27. The van der Waals surface area contributed by atoms with Crippen molar-refractivity contribution in [1.82, 2.24) is 10.3 Å². The van der Waals surface area contributed by atoms with Crippen molar-refractivity contribution in [2.45, 2.75) is 19.4 Å². The van der Waals surface area contributed by atoms with Crippen LogP contribution in [0.3, 0.4) is 0 Å². The van der Waals surface area contributed by atoms with Crippen LogP contribution in [0.1, 0.15) is 18.9 Å². The monoisotopic (exact) mass is 392 g/mol. The van der Waals surface area contributed by atoms with E-state index < -0.39 is 6.04 Å². The first kappa shape index (κ1) is 20.1. The molecule has 1 unspecified atom stereocenters. The molecular formula is C22H24N4O3. The van der Waals surface area contributed by atoms with Crippen molar-refractivity contribution in [3.05, 3.63) is 71.8 Å². The number of carbonyl (C=O) groups excluding carboxylic acids is 1. The van der Waals surface area contributed by atoms with Gasteiger partial charge < -0.3 is 25.9 Å². The number of ether oxygens (including phenoxy) is 1. The Labute approximate surface area is 169 Å². The number of methoxy groups -OCH3 is 1. The van der Waals surface area contributed by atoms with Crippen molar-refractivity contribution in [3.63, 3.8) is 0 Å². The second-order valence-electron chi connectivity index (χ2n) is 6.69. The van der Waals surface area contributed by atoms with Gasteiger partial charge in [0.1, 0.15) is 11.8 Å². The molecule has 150 valence electrons. The maximum atomic E-state index is 13.4. The van der Waals surface area contributed by atoms with Crippen molar-refractivity contribution < 1.29 is 14.6 Å². The van der Waals surface area contributed by atoms with Gasteiger partial charge in [0.25, 0.3) is 0 Å². The molecule has 0 bridgehead atoms. The number of rotatable bonds is 8. The molecule has 0 aliphatic carbocycles. The van der Waals surface area contributed by atoms with Crippen LogP contribution in [-0.4, -0.2) is 41.3 Å². The molecule has 1 aromatic carbocycles. The van der Waals surface area contributed by atoms with Gasteiger partial charge in [0, 0.05) is 23.9 Å². The van der Waals surface area contributed by atoms with E-state index in [1.165, 1.54) is 20.1 Å². The van der Waals surface area contributed by atoms with Crippen molar-refractivity contribution in [3.8, 4) is 5.75 Å². The number of Topliss-reactive ketones (excluding diaryl/α,β-unsaturated/α-hetero) is 1. The molecule has 2 aromatic rings. The summed E-state index contributed by atoms with van der Waals surface area (Å²) in [6.07, 6.45) is 4.95. The number of ketones is 1. The average Bonchev–Trinajstić information content (AvgIpc) is 3.21. The Morgan fingerprint density at radius 3 is 2.79 bits per heavy atom. The Hall–Kier alpha value is -3.61. The number of aromatic nitrogens is 1. The fraction of sp³-hybridized carbons (Fsp3) is 0.227. The van der Waals surface area contributed by atoms with Gasteiger partial charge in [-0.2, -0.15) is 0 Å². The van der Waals surface area contributed by atoms with Crippen LogP contribution in [-0.2, 0) is 4.79 Å². The minimum atomic E-state index is -0.973. The second-order valence-corrected chi connectivity index (χ2v) is 6.69. The van der Waals surface area contributed by atoms with Crippen molar-refractivity contribution >= 4 is 22.9 Å². The predicted molar refractivity (Wildman–Crippen MR) is 113 cm³/mol. The van der Waals surface area contributed by atoms with Gasteiger partial charge in [0.2, 0.25) is 0 Å². The summed E-state index contributed by atoms with van der Waals surface area (Å²) < 4.78 is 5.18. The predicted octanol–water partition coefficient (Wildman–Crippen LogP) is 3.33. The molecule has 0 fully saturated rings. The fourth-order valence-corrected chi connectivity index (χ4v) is 3.21. The van der Waals surface area contributed by atoms with Gasteiger partial charge in [-0.25, -0.2) is 0 Å². The van der Waals surface area contributed by atoms with Crippen LogP contribution < -0.4 is 15.4 Å². The Balaban J connectivity index is 1.97. The highest BCUT2D eigenvalue weighted by Gasteiger charge is 2.30. The summed E-state index contributed by atoms with van der Waals surface area (Å²) in [6, 6.07) is 10.4. The first-order chi connectivity index (χ1) is 14.0. The van der Waals surface area contributed by atoms with Crippen LogP contribution in [0.2, 0.25) is 0 Å². The summed E-state index contributed by atoms with van der Waals surface area (Å²) in [4.78, 5) is 17.5. The number of nitrogens with zero attached hydrogens (tertiary/aromatic N) is 1. The largest absolute Gasteiger partial charge is 0.513 e. The summed E-state index contributed by atoms with van der Waals surface area (Å²) >= 11 is 0. The molecule has 29 heavy (non-hydrogen) atoms. The minimum Gasteiger partial charge on any atom is -0.513 e. The Bertz CT molecular complexity index is 963. The lowest BCUT2D eigenvalue weighted by Crippen LogP contribution is -2.37. The van der Waals surface area contributed by atoms with Gasteiger partial charge in [0.05, 0.1) is 36.7 Å². The van der Waals surface area contributed by atoms with Crippen LogP contribution >= 0.6 is 0 Å². The van der Waals surface area contributed by atoms with Crippen LogP contribution in [0.15, 0.2) is 66.2 Å². The van der Waals surface area contributed by atoms with Gasteiger partial charge in [-0.3, -0.25) is 9.78 Å². The Kier molecular flexibility index (Phi) is 6.29. The fourth-order valence-electron chi connectivity index (χ4n) is 3.21. The van der Waals surface area contributed by atoms with E-state index in [9.17, 15) is 9.90 Å². The molecule has 7 heteroatoms. The molecule has 1 aromatic heterocycles. The number of allylic oxidation sites excluding steroid dienone is 1. The van der Waals surface area contributed by atoms with E-state index in [4.69, 9.17) is 10.1 Å². The molecule has 3 rings (SSSR count). The van der Waals surface area contributed by atoms with E-state index in [-0.39, 0.29) is 17.3 Å². The normalized spacial score (nSPS) is 14.9. The van der Waals surface area contributed by atoms with Crippen molar-refractivity contribution in [2.24, 2.45) is 0 Å². The SMILES string of the molecule is COc1cncc(NC(C(=N)/C=C(/C)O)C(=O)C2=C(c3ccccc3)NCC2)c1. The number of aliphatic hydroxyl groups excluding tert-OH is 1. The Morgan fingerprint density at radius 2 is 2.10 bits per heavy atom. The zero-order valence-corrected chi connectivity index (χ0v) is 16.4. The summed E-state index contributed by atoms with van der Waals surface area (Å²) in [5, 5.41) is 24.4. The zero-order chi connectivity index (χ0) is 20.8. The number of pyridine rings is 1. The average molecular weight is 392 g/mol. The van der Waals surface area contributed by atoms with Crippen molar-refractivity contribution in [2.75, 3.05) is 19.0 Å². The van der Waals surface area contributed by atoms with E-state index in [2.05, 4.69) is 15.6 Å². The molecule has 1 aliphatic rings. The molecule has 2 heterocycles. The quantitative estimate of drug-likeness (QED) is 0.405. The van der Waals surface area contributed by atoms with Crippen LogP contribution in [0.4, 0.5) is 5.69 Å². The molecule has 0 saturated carbocycles. The second kappa shape index (κ2) is 9.05. The molecule has 4 N–H and O–H groups in total. The molecule has 1 atom stereocenters. The first-order valence-corrected chi connectivity index (χ1v) is 9.27. The summed E-state index contributed by atoms with van der Waals surface area (Å²) in [7, 11) is 1.53. The third-order valence-corrected chi connectivity index (χ3v) is 4.54. The summed E-state index contributed by atoms with van der Waals surface area (Å²) in [6.45, 7) is 2.12. The third kappa shape index (κ3) is 4.82. The van der Waals surface area contributed by atoms with Gasteiger partial charge >= 0.3 is 0 Å². The van der Waals surface area contributed by atoms with E-state index >= 15 is 0 Å². The van der Waals surface area contributed by atoms with Gasteiger partial charge in [-0.15, -0.1) is 0 Å². The minimum absolute atomic E-state index is 0.0374. The maximum Gasteiger partial charge on any atom is 0.189 e. The lowest BCUT2D eigenvalue weighted by molar-refractivity contribution is -0.115. The highest BCUT2D eigenvalue weighted by atomic mass is 16.5. The lowest BCUT2D eigenvalue weighted by Gasteiger charge is -2.20. The van der Waals surface area contributed by atoms with Gasteiger partial charge in [-0.05, 0) is 25.0 Å². The zero-order valence-electron chi connectivity index (χ0n) is 16.4. The highest BCUT2D eigenvalue weighted by Crippen LogP contribution is 2.26. The molecule has 7 nitrogen and oxygen atoms in total. The molecule has 0 saturated heterocycles. The molecular weight excluding hydrogens is 368 g/mol. The topological polar surface area (TPSA) is 107 Å². The number of aliphatic hydroxyl groups is 1. The smallest absolute Gasteiger partial charge is 0.189 e. The molecule has 1 aliphatic heterocycles. The van der Waals surface area contributed by atoms with Crippen molar-refractivity contribution in [1.29, 1.82) is 5.41 Å². The number of benzene rings is 1. The number of anilines is 1. The number of carbonyl (C=O) groups is 1.